The first-order valence-corrected chi connectivity index (χ1v) is 20.4. The first-order valence-electron chi connectivity index (χ1n) is 12.6. The van der Waals surface area contributed by atoms with Crippen molar-refractivity contribution in [2.75, 3.05) is 0 Å². The highest BCUT2D eigenvalue weighted by atomic mass is 28.3. The largest absolute Gasteiger partial charge is 0.138 e. The number of allylic oxidation sites excluding steroid dienone is 2. The molecule has 3 heteroatoms. The molecule has 0 saturated heterocycles. The van der Waals surface area contributed by atoms with Gasteiger partial charge in [0, 0.05) is 0 Å². The van der Waals surface area contributed by atoms with Gasteiger partial charge in [0.15, 0.2) is 0 Å². The number of rotatable bonds is 9. The summed E-state index contributed by atoms with van der Waals surface area (Å²) in [5, 5.41) is 0. The smallest absolute Gasteiger partial charge is 0.125 e. The highest BCUT2D eigenvalue weighted by molar-refractivity contribution is 6.88. The van der Waals surface area contributed by atoms with Crippen LogP contribution in [0.5, 0.6) is 0 Å². The summed E-state index contributed by atoms with van der Waals surface area (Å²) in [6.45, 7) is 20.6. The van der Waals surface area contributed by atoms with E-state index in [1.807, 2.05) is 0 Å². The summed E-state index contributed by atoms with van der Waals surface area (Å²) in [6.07, 6.45) is 5.99. The lowest BCUT2D eigenvalue weighted by molar-refractivity contribution is 1.20. The molecule has 0 spiro atoms. The van der Waals surface area contributed by atoms with Gasteiger partial charge in [0.05, 0.1) is 11.1 Å². The Kier molecular flexibility index (Phi) is 14.0. The van der Waals surface area contributed by atoms with Crippen molar-refractivity contribution < 1.29 is 0 Å². The van der Waals surface area contributed by atoms with E-state index >= 15 is 0 Å². The summed E-state index contributed by atoms with van der Waals surface area (Å²) in [5.41, 5.74) is 12.7. The third-order valence-corrected chi connectivity index (χ3v) is 22.0. The molecule has 31 heavy (non-hydrogen) atoms. The molecule has 0 fully saturated rings. The van der Waals surface area contributed by atoms with Crippen LogP contribution in [-0.4, -0.2) is 24.2 Å². The summed E-state index contributed by atoms with van der Waals surface area (Å²) < 4.78 is 0. The fraction of sp³-hybridized carbons (Fsp3) is 0.643. The van der Waals surface area contributed by atoms with Crippen LogP contribution in [0.15, 0.2) is 11.1 Å². The van der Waals surface area contributed by atoms with Crippen molar-refractivity contribution in [3.8, 4) is 46.7 Å². The molecule has 0 saturated carbocycles. The number of hydrogen-bond donors (Lipinski definition) is 0. The van der Waals surface area contributed by atoms with Gasteiger partial charge in [-0.1, -0.05) is 86.0 Å². The van der Waals surface area contributed by atoms with Crippen LogP contribution in [0.25, 0.3) is 0 Å². The van der Waals surface area contributed by atoms with Crippen LogP contribution in [0.4, 0.5) is 0 Å². The standard InChI is InChI=1S/C28H46Si3/c1-11-27(21-24-29(12-2,13-3)14-4)28(22-25-30(15-5,16-6)17-7)23-26-31(18-8,19-9)20-10/h1H,12-20H2,2-10H3. The van der Waals surface area contributed by atoms with Gasteiger partial charge in [0.2, 0.25) is 0 Å². The van der Waals surface area contributed by atoms with Gasteiger partial charge in [-0.15, -0.1) is 23.1 Å². The van der Waals surface area contributed by atoms with E-state index in [0.29, 0.717) is 0 Å². The summed E-state index contributed by atoms with van der Waals surface area (Å²) in [6, 6.07) is 10.6. The molecule has 0 bridgehead atoms. The molecule has 0 aliphatic rings. The van der Waals surface area contributed by atoms with Gasteiger partial charge in [-0.25, -0.2) is 0 Å². The molecule has 0 unspecified atom stereocenters. The first kappa shape index (κ1) is 29.6. The molecule has 0 aliphatic heterocycles. The van der Waals surface area contributed by atoms with Gasteiger partial charge in [-0.05, 0) is 54.4 Å². The zero-order valence-corrected chi connectivity index (χ0v) is 24.9. The average Bonchev–Trinajstić information content (AvgIpc) is 2.83. The third-order valence-electron chi connectivity index (χ3n) is 7.84. The topological polar surface area (TPSA) is 0 Å². The van der Waals surface area contributed by atoms with Crippen molar-refractivity contribution in [3.05, 3.63) is 11.1 Å². The highest BCUT2D eigenvalue weighted by Crippen LogP contribution is 2.22. The molecule has 0 aromatic heterocycles. The molecule has 0 nitrogen and oxygen atoms in total. The molecule has 0 heterocycles. The van der Waals surface area contributed by atoms with E-state index in [-0.39, 0.29) is 0 Å². The summed E-state index contributed by atoms with van der Waals surface area (Å²) >= 11 is 0. The Morgan fingerprint density at radius 3 is 0.871 bits per heavy atom. The van der Waals surface area contributed by atoms with Gasteiger partial charge >= 0.3 is 0 Å². The quantitative estimate of drug-likeness (QED) is 0.238. The van der Waals surface area contributed by atoms with Crippen molar-refractivity contribution in [1.82, 2.24) is 0 Å². The molecular weight excluding hydrogens is 421 g/mol. The molecular formula is C28H46Si3. The van der Waals surface area contributed by atoms with Crippen molar-refractivity contribution in [3.63, 3.8) is 0 Å². The van der Waals surface area contributed by atoms with Crippen LogP contribution >= 0.6 is 0 Å². The highest BCUT2D eigenvalue weighted by Gasteiger charge is 2.26. The Bertz CT molecular complexity index is 744. The van der Waals surface area contributed by atoms with Crippen LogP contribution < -0.4 is 0 Å². The Hall–Kier alpha value is -1.37. The minimum Gasteiger partial charge on any atom is -0.125 e. The minimum atomic E-state index is -1.58. The van der Waals surface area contributed by atoms with E-state index in [2.05, 4.69) is 103 Å². The van der Waals surface area contributed by atoms with Crippen LogP contribution in [0.2, 0.25) is 54.4 Å². The van der Waals surface area contributed by atoms with Crippen molar-refractivity contribution in [2.24, 2.45) is 0 Å². The van der Waals surface area contributed by atoms with E-state index in [1.165, 1.54) is 54.4 Å². The third kappa shape index (κ3) is 8.24. The summed E-state index contributed by atoms with van der Waals surface area (Å²) in [7, 11) is -4.73. The molecule has 0 aliphatic carbocycles. The van der Waals surface area contributed by atoms with Crippen molar-refractivity contribution in [1.29, 1.82) is 0 Å². The predicted octanol–water partition coefficient (Wildman–Crippen LogP) is 8.07. The predicted molar refractivity (Wildman–Crippen MR) is 151 cm³/mol. The van der Waals surface area contributed by atoms with E-state index in [4.69, 9.17) is 6.42 Å². The fourth-order valence-electron chi connectivity index (χ4n) is 3.96. The lowest BCUT2D eigenvalue weighted by atomic mass is 10.1. The Morgan fingerprint density at radius 2 is 0.677 bits per heavy atom. The van der Waals surface area contributed by atoms with Crippen LogP contribution in [0.1, 0.15) is 62.3 Å². The van der Waals surface area contributed by atoms with Crippen molar-refractivity contribution >= 4 is 24.2 Å². The van der Waals surface area contributed by atoms with E-state index in [9.17, 15) is 0 Å². The normalized spacial score (nSPS) is 11.1. The van der Waals surface area contributed by atoms with Crippen LogP contribution in [0.3, 0.4) is 0 Å². The molecule has 0 atom stereocenters. The number of terminal acetylenes is 1. The Labute approximate surface area is 198 Å². The average molecular weight is 467 g/mol. The Morgan fingerprint density at radius 1 is 0.452 bits per heavy atom. The molecule has 0 radical (unpaired) electrons. The molecule has 0 N–H and O–H groups in total. The maximum Gasteiger partial charge on any atom is 0.138 e. The minimum absolute atomic E-state index is 0.727. The van der Waals surface area contributed by atoms with Gasteiger partial charge in [0.1, 0.15) is 24.2 Å². The lowest BCUT2D eigenvalue weighted by Crippen LogP contribution is -2.30. The zero-order valence-electron chi connectivity index (χ0n) is 21.9. The van der Waals surface area contributed by atoms with E-state index in [0.717, 1.165) is 11.1 Å². The monoisotopic (exact) mass is 466 g/mol. The van der Waals surface area contributed by atoms with Crippen LogP contribution in [0, 0.1) is 46.7 Å². The maximum absolute atomic E-state index is 5.99. The zero-order chi connectivity index (χ0) is 24.0. The second-order valence-corrected chi connectivity index (χ2v) is 23.5. The van der Waals surface area contributed by atoms with Gasteiger partial charge < -0.3 is 0 Å². The number of hydrogen-bond acceptors (Lipinski definition) is 0. The maximum atomic E-state index is 5.99. The molecule has 0 aromatic rings. The van der Waals surface area contributed by atoms with Crippen molar-refractivity contribution in [2.45, 2.75) is 117 Å². The molecule has 0 rings (SSSR count). The fourth-order valence-corrected chi connectivity index (χ4v) is 11.2. The second-order valence-electron chi connectivity index (χ2n) is 8.67. The second kappa shape index (κ2) is 14.6. The molecule has 0 amide bonds. The SMILES string of the molecule is C#CC(C#C[Si](CC)(CC)CC)=C(C#C[Si](CC)(CC)CC)C#C[Si](CC)(CC)CC. The van der Waals surface area contributed by atoms with Gasteiger partial charge in [0.25, 0.3) is 0 Å². The lowest BCUT2D eigenvalue weighted by Gasteiger charge is -2.21. The summed E-state index contributed by atoms with van der Waals surface area (Å²) in [5.74, 6) is 13.3. The van der Waals surface area contributed by atoms with E-state index in [1.54, 1.807) is 0 Å². The molecule has 0 aromatic carbocycles. The van der Waals surface area contributed by atoms with Crippen LogP contribution in [-0.2, 0) is 0 Å². The molecule has 170 valence electrons. The van der Waals surface area contributed by atoms with Gasteiger partial charge in [-0.2, -0.15) is 0 Å². The first-order chi connectivity index (χ1) is 14.8. The van der Waals surface area contributed by atoms with E-state index < -0.39 is 24.2 Å². The Balaban J connectivity index is 6.87. The summed E-state index contributed by atoms with van der Waals surface area (Å²) in [4.78, 5) is 0. The van der Waals surface area contributed by atoms with Gasteiger partial charge in [-0.3, -0.25) is 0 Å².